The fraction of sp³-hybridized carbons (Fsp3) is 0.400. The van der Waals surface area contributed by atoms with Gasteiger partial charge in [-0.05, 0) is 89.9 Å². The fourth-order valence-electron chi connectivity index (χ4n) is 3.80. The van der Waals surface area contributed by atoms with Gasteiger partial charge in [-0.3, -0.25) is 14.5 Å². The second-order valence-electron chi connectivity index (χ2n) is 10.8. The summed E-state index contributed by atoms with van der Waals surface area (Å²) in [4.78, 5) is 28.6. The summed E-state index contributed by atoms with van der Waals surface area (Å²) in [5.41, 5.74) is 3.55. The lowest BCUT2D eigenvalue weighted by Crippen LogP contribution is -2.36. The summed E-state index contributed by atoms with van der Waals surface area (Å²) in [6, 6.07) is 17.8. The summed E-state index contributed by atoms with van der Waals surface area (Å²) in [7, 11) is 0. The molecule has 0 spiro atoms. The number of nitrogens with one attached hydrogen (secondary N) is 1. The number of thioether (sulfide) groups is 1. The number of carbonyl (C=O) groups excluding carboxylic acids is 2. The lowest BCUT2D eigenvalue weighted by Gasteiger charge is -2.28. The van der Waals surface area contributed by atoms with Crippen LogP contribution >= 0.6 is 11.8 Å². The number of nitrogens with zero attached hydrogens (tertiary/aromatic N) is 1. The maximum atomic E-state index is 12.9. The summed E-state index contributed by atoms with van der Waals surface area (Å²) in [6.45, 7) is 14.7. The van der Waals surface area contributed by atoms with Crippen molar-refractivity contribution in [1.82, 2.24) is 4.90 Å². The monoisotopic (exact) mass is 522 g/mol. The summed E-state index contributed by atoms with van der Waals surface area (Å²) in [6.07, 6.45) is 1.64. The zero-order chi connectivity index (χ0) is 27.2. The number of esters is 1. The molecule has 0 bridgehead atoms. The molecule has 0 radical (unpaired) electrons. The zero-order valence-electron chi connectivity index (χ0n) is 22.9. The molecule has 1 aromatic heterocycles. The van der Waals surface area contributed by atoms with Crippen LogP contribution in [0, 0.1) is 13.8 Å². The van der Waals surface area contributed by atoms with Gasteiger partial charge in [0.05, 0.1) is 19.4 Å². The number of benzene rings is 2. The Morgan fingerprint density at radius 3 is 2.27 bits per heavy atom. The van der Waals surface area contributed by atoms with E-state index in [2.05, 4.69) is 11.4 Å². The van der Waals surface area contributed by atoms with Gasteiger partial charge in [0.1, 0.15) is 16.1 Å². The quantitative estimate of drug-likeness (QED) is 0.235. The zero-order valence-corrected chi connectivity index (χ0v) is 23.7. The van der Waals surface area contributed by atoms with Gasteiger partial charge in [-0.15, -0.1) is 11.8 Å². The van der Waals surface area contributed by atoms with Crippen molar-refractivity contribution < 1.29 is 18.7 Å². The highest BCUT2D eigenvalue weighted by Crippen LogP contribution is 2.34. The molecule has 2 aromatic carbocycles. The van der Waals surface area contributed by atoms with Crippen molar-refractivity contribution in [3.05, 3.63) is 83.3 Å². The van der Waals surface area contributed by atoms with E-state index in [0.29, 0.717) is 13.1 Å². The smallest absolute Gasteiger partial charge is 0.322 e. The van der Waals surface area contributed by atoms with Crippen molar-refractivity contribution in [2.75, 3.05) is 11.9 Å². The minimum atomic E-state index is -0.716. The SMILES string of the molecule is Cc1ccc(NC(=O)CN(Cc2ccc(SC(C)(C)C(=O)OC(C)(C)C)cc2)Cc2ccco2)c(C)c1. The number of rotatable bonds is 10. The summed E-state index contributed by atoms with van der Waals surface area (Å²) >= 11 is 1.47. The van der Waals surface area contributed by atoms with Crippen molar-refractivity contribution in [1.29, 1.82) is 0 Å². The van der Waals surface area contributed by atoms with Gasteiger partial charge in [-0.1, -0.05) is 29.8 Å². The second-order valence-corrected chi connectivity index (χ2v) is 12.5. The maximum Gasteiger partial charge on any atom is 0.322 e. The lowest BCUT2D eigenvalue weighted by molar-refractivity contribution is -0.156. The van der Waals surface area contributed by atoms with Crippen molar-refractivity contribution in [3.8, 4) is 0 Å². The summed E-state index contributed by atoms with van der Waals surface area (Å²) in [5.74, 6) is 0.476. The minimum absolute atomic E-state index is 0.0789. The number of carbonyl (C=O) groups is 2. The van der Waals surface area contributed by atoms with Crippen molar-refractivity contribution in [3.63, 3.8) is 0 Å². The third-order valence-corrected chi connectivity index (χ3v) is 6.76. The first-order valence-electron chi connectivity index (χ1n) is 12.4. The molecule has 0 aliphatic rings. The molecule has 37 heavy (non-hydrogen) atoms. The van der Waals surface area contributed by atoms with Gasteiger partial charge in [0.15, 0.2) is 0 Å². The molecule has 0 unspecified atom stereocenters. The number of anilines is 1. The number of furan rings is 1. The molecule has 0 saturated heterocycles. The highest BCUT2D eigenvalue weighted by molar-refractivity contribution is 8.01. The first-order valence-corrected chi connectivity index (χ1v) is 13.3. The Bertz CT molecular complexity index is 1200. The van der Waals surface area contributed by atoms with Crippen LogP contribution in [0.15, 0.2) is 70.2 Å². The van der Waals surface area contributed by atoms with E-state index in [1.807, 2.05) is 102 Å². The third-order valence-electron chi connectivity index (χ3n) is 5.58. The molecule has 1 N–H and O–H groups in total. The largest absolute Gasteiger partial charge is 0.468 e. The Hall–Kier alpha value is -3.03. The van der Waals surface area contributed by atoms with Gasteiger partial charge in [0.2, 0.25) is 5.91 Å². The Labute approximate surface area is 224 Å². The normalized spacial score (nSPS) is 12.0. The van der Waals surface area contributed by atoms with Gasteiger partial charge in [-0.25, -0.2) is 0 Å². The topological polar surface area (TPSA) is 71.8 Å². The standard InChI is InChI=1S/C30H38N2O4S/c1-21-10-15-26(22(2)17-21)31-27(33)20-32(19-24-9-8-16-35-24)18-23-11-13-25(14-12-23)37-30(6,7)28(34)36-29(3,4)5/h8-17H,18-20H2,1-7H3,(H,31,33). The van der Waals surface area contributed by atoms with Crippen molar-refractivity contribution in [2.45, 2.75) is 76.8 Å². The van der Waals surface area contributed by atoms with E-state index in [1.165, 1.54) is 11.8 Å². The third kappa shape index (κ3) is 9.09. The molecule has 3 rings (SSSR count). The molecular formula is C30H38N2O4S. The number of hydrogen-bond donors (Lipinski definition) is 1. The number of hydrogen-bond acceptors (Lipinski definition) is 6. The van der Waals surface area contributed by atoms with E-state index in [4.69, 9.17) is 9.15 Å². The minimum Gasteiger partial charge on any atom is -0.468 e. The molecule has 0 aliphatic heterocycles. The van der Waals surface area contributed by atoms with Gasteiger partial charge >= 0.3 is 5.97 Å². The Kier molecular flexibility index (Phi) is 9.26. The molecule has 3 aromatic rings. The van der Waals surface area contributed by atoms with Crippen LogP contribution in [-0.2, 0) is 27.4 Å². The van der Waals surface area contributed by atoms with E-state index in [9.17, 15) is 9.59 Å². The predicted octanol–water partition coefficient (Wildman–Crippen LogP) is 6.75. The predicted molar refractivity (Wildman–Crippen MR) is 150 cm³/mol. The van der Waals surface area contributed by atoms with E-state index < -0.39 is 10.3 Å². The average Bonchev–Trinajstić information content (AvgIpc) is 3.29. The van der Waals surface area contributed by atoms with Crippen LogP contribution in [0.25, 0.3) is 0 Å². The highest BCUT2D eigenvalue weighted by Gasteiger charge is 2.33. The van der Waals surface area contributed by atoms with Crippen LogP contribution in [0.3, 0.4) is 0 Å². The summed E-state index contributed by atoms with van der Waals surface area (Å²) < 4.78 is 10.4. The number of ether oxygens (including phenoxy) is 1. The van der Waals surface area contributed by atoms with E-state index in [-0.39, 0.29) is 18.4 Å². The molecule has 6 nitrogen and oxygen atoms in total. The van der Waals surface area contributed by atoms with Crippen LogP contribution in [0.5, 0.6) is 0 Å². The fourth-order valence-corrected chi connectivity index (χ4v) is 4.78. The van der Waals surface area contributed by atoms with Gasteiger partial charge in [0, 0.05) is 17.1 Å². The molecule has 0 aliphatic carbocycles. The highest BCUT2D eigenvalue weighted by atomic mass is 32.2. The van der Waals surface area contributed by atoms with Crippen LogP contribution in [0.1, 0.15) is 57.1 Å². The van der Waals surface area contributed by atoms with E-state index >= 15 is 0 Å². The Morgan fingerprint density at radius 2 is 1.68 bits per heavy atom. The van der Waals surface area contributed by atoms with Crippen LogP contribution < -0.4 is 5.32 Å². The van der Waals surface area contributed by atoms with Crippen LogP contribution in [-0.4, -0.2) is 33.7 Å². The van der Waals surface area contributed by atoms with Gasteiger partial charge < -0.3 is 14.5 Å². The molecule has 7 heteroatoms. The summed E-state index contributed by atoms with van der Waals surface area (Å²) in [5, 5.41) is 3.04. The molecule has 0 atom stereocenters. The van der Waals surface area contributed by atoms with Crippen LogP contribution in [0.2, 0.25) is 0 Å². The Morgan fingerprint density at radius 1 is 0.973 bits per heavy atom. The molecule has 0 fully saturated rings. The molecule has 0 saturated carbocycles. The molecule has 1 amide bonds. The molecule has 198 valence electrons. The van der Waals surface area contributed by atoms with E-state index in [0.717, 1.165) is 33.0 Å². The van der Waals surface area contributed by atoms with Gasteiger partial charge in [-0.2, -0.15) is 0 Å². The van der Waals surface area contributed by atoms with Crippen molar-refractivity contribution >= 4 is 29.3 Å². The average molecular weight is 523 g/mol. The maximum absolute atomic E-state index is 12.9. The first kappa shape index (κ1) is 28.5. The van der Waals surface area contributed by atoms with Gasteiger partial charge in [0.25, 0.3) is 0 Å². The second kappa shape index (κ2) is 12.0. The number of aryl methyl sites for hydroxylation is 2. The molecule has 1 heterocycles. The first-order chi connectivity index (χ1) is 17.3. The Balaban J connectivity index is 1.67. The van der Waals surface area contributed by atoms with Crippen molar-refractivity contribution in [2.24, 2.45) is 0 Å². The van der Waals surface area contributed by atoms with E-state index in [1.54, 1.807) is 6.26 Å². The lowest BCUT2D eigenvalue weighted by atomic mass is 10.1. The number of amides is 1. The van der Waals surface area contributed by atoms with Crippen LogP contribution in [0.4, 0.5) is 5.69 Å². The molecular weight excluding hydrogens is 484 g/mol.